The summed E-state index contributed by atoms with van der Waals surface area (Å²) in [4.78, 5) is 36.7. The molecule has 50 heavy (non-hydrogen) atoms. The van der Waals surface area contributed by atoms with Crippen molar-refractivity contribution >= 4 is 18.0 Å². The number of hydrogen-bond donors (Lipinski definition) is 3. The molecule has 0 spiro atoms. The van der Waals surface area contributed by atoms with E-state index in [4.69, 9.17) is 14.2 Å². The number of ether oxygens (including phenoxy) is 3. The third-order valence-electron chi connectivity index (χ3n) is 8.96. The van der Waals surface area contributed by atoms with Gasteiger partial charge in [-0.25, -0.2) is 4.79 Å². The van der Waals surface area contributed by atoms with Crippen LogP contribution in [-0.4, -0.2) is 67.2 Å². The molecular formula is C41H80N2O7. The second-order valence-corrected chi connectivity index (χ2v) is 15.2. The van der Waals surface area contributed by atoms with E-state index in [1.165, 1.54) is 128 Å². The normalized spacial score (nSPS) is 12.8. The highest BCUT2D eigenvalue weighted by Crippen LogP contribution is 2.14. The van der Waals surface area contributed by atoms with Crippen LogP contribution in [0.3, 0.4) is 0 Å². The summed E-state index contributed by atoms with van der Waals surface area (Å²) in [6.07, 6.45) is 29.4. The summed E-state index contributed by atoms with van der Waals surface area (Å²) >= 11 is 0. The van der Waals surface area contributed by atoms with Crippen LogP contribution >= 0.6 is 0 Å². The Hall–Kier alpha value is -1.87. The number of amides is 2. The molecule has 0 aromatic carbocycles. The molecule has 0 aromatic rings. The van der Waals surface area contributed by atoms with E-state index < -0.39 is 29.6 Å². The largest absolute Gasteiger partial charge is 0.481 e. The van der Waals surface area contributed by atoms with Gasteiger partial charge in [0.05, 0.1) is 12.7 Å². The van der Waals surface area contributed by atoms with Gasteiger partial charge in [0.1, 0.15) is 11.6 Å². The molecule has 3 N–H and O–H groups in total. The van der Waals surface area contributed by atoms with E-state index in [9.17, 15) is 19.5 Å². The molecule has 0 saturated carbocycles. The highest BCUT2D eigenvalue weighted by Gasteiger charge is 2.25. The molecule has 0 fully saturated rings. The molecule has 0 aliphatic heterocycles. The number of carbonyl (C=O) groups is 3. The summed E-state index contributed by atoms with van der Waals surface area (Å²) in [5.41, 5.74) is -0.740. The number of hydrogen-bond acceptors (Lipinski definition) is 6. The van der Waals surface area contributed by atoms with E-state index in [1.807, 2.05) is 0 Å². The maximum absolute atomic E-state index is 13.1. The highest BCUT2D eigenvalue weighted by molar-refractivity contribution is 5.86. The third kappa shape index (κ3) is 34.6. The molecule has 9 nitrogen and oxygen atoms in total. The number of rotatable bonds is 36. The molecule has 0 rings (SSSR count). The van der Waals surface area contributed by atoms with Crippen molar-refractivity contribution in [1.82, 2.24) is 10.6 Å². The van der Waals surface area contributed by atoms with Crippen LogP contribution in [0.25, 0.3) is 0 Å². The Morgan fingerprint density at radius 3 is 1.46 bits per heavy atom. The van der Waals surface area contributed by atoms with E-state index in [0.29, 0.717) is 19.8 Å². The predicted molar refractivity (Wildman–Crippen MR) is 206 cm³/mol. The molecule has 0 aliphatic rings. The Bertz CT molecular complexity index is 802. The van der Waals surface area contributed by atoms with Gasteiger partial charge in [-0.3, -0.25) is 9.59 Å². The topological polar surface area (TPSA) is 123 Å². The van der Waals surface area contributed by atoms with Crippen LogP contribution in [0.15, 0.2) is 0 Å². The Morgan fingerprint density at radius 2 is 1.04 bits per heavy atom. The third-order valence-corrected chi connectivity index (χ3v) is 8.96. The molecule has 1 unspecified atom stereocenters. The van der Waals surface area contributed by atoms with Gasteiger partial charge < -0.3 is 30.0 Å². The average molecular weight is 713 g/mol. The van der Waals surface area contributed by atoms with E-state index in [2.05, 4.69) is 24.5 Å². The second kappa shape index (κ2) is 34.2. The number of carbonyl (C=O) groups excluding carboxylic acids is 2. The molecule has 2 atom stereocenters. The first-order valence-corrected chi connectivity index (χ1v) is 20.8. The molecule has 296 valence electrons. The quantitative estimate of drug-likeness (QED) is 0.0552. The van der Waals surface area contributed by atoms with Gasteiger partial charge in [0.15, 0.2) is 0 Å². The van der Waals surface area contributed by atoms with Gasteiger partial charge in [0.25, 0.3) is 0 Å². The van der Waals surface area contributed by atoms with Crippen molar-refractivity contribution in [2.24, 2.45) is 0 Å². The lowest BCUT2D eigenvalue weighted by Gasteiger charge is -2.24. The molecule has 0 heterocycles. The summed E-state index contributed by atoms with van der Waals surface area (Å²) in [6, 6.07) is -1.03. The molecule has 0 bridgehead atoms. The number of carboxylic acid groups (broad SMARTS) is 1. The number of alkyl carbamates (subject to hydrolysis) is 1. The van der Waals surface area contributed by atoms with Crippen molar-refractivity contribution < 1.29 is 33.7 Å². The first-order valence-electron chi connectivity index (χ1n) is 20.8. The van der Waals surface area contributed by atoms with E-state index in [1.54, 1.807) is 20.8 Å². The fourth-order valence-electron chi connectivity index (χ4n) is 5.94. The van der Waals surface area contributed by atoms with Gasteiger partial charge >= 0.3 is 12.1 Å². The zero-order chi connectivity index (χ0) is 37.1. The second-order valence-electron chi connectivity index (χ2n) is 15.2. The van der Waals surface area contributed by atoms with Gasteiger partial charge in [0.2, 0.25) is 5.91 Å². The maximum atomic E-state index is 13.1. The SMILES string of the molecule is CCCCCCCCCCCCCCOCC(CNC(=O)[C@H](CCC(=O)O)NC(=O)OC(C)(C)C)OCCCCCCCCCCCCCC. The van der Waals surface area contributed by atoms with Crippen molar-refractivity contribution in [2.45, 2.75) is 219 Å². The zero-order valence-corrected chi connectivity index (χ0v) is 33.3. The summed E-state index contributed by atoms with van der Waals surface area (Å²) < 4.78 is 17.5. The summed E-state index contributed by atoms with van der Waals surface area (Å²) in [5.74, 6) is -1.50. The van der Waals surface area contributed by atoms with Crippen LogP contribution in [0.1, 0.15) is 202 Å². The lowest BCUT2D eigenvalue weighted by molar-refractivity contribution is -0.137. The van der Waals surface area contributed by atoms with Crippen molar-refractivity contribution in [3.05, 3.63) is 0 Å². The van der Waals surface area contributed by atoms with Gasteiger partial charge in [-0.1, -0.05) is 155 Å². The van der Waals surface area contributed by atoms with Crippen molar-refractivity contribution in [2.75, 3.05) is 26.4 Å². The Morgan fingerprint density at radius 1 is 0.620 bits per heavy atom. The van der Waals surface area contributed by atoms with Crippen molar-refractivity contribution in [1.29, 1.82) is 0 Å². The summed E-state index contributed by atoms with van der Waals surface area (Å²) in [5, 5.41) is 14.6. The maximum Gasteiger partial charge on any atom is 0.408 e. The van der Waals surface area contributed by atoms with Crippen LogP contribution in [0, 0.1) is 0 Å². The molecule has 0 saturated heterocycles. The van der Waals surface area contributed by atoms with E-state index in [0.717, 1.165) is 25.7 Å². The van der Waals surface area contributed by atoms with Crippen LogP contribution in [0.2, 0.25) is 0 Å². The van der Waals surface area contributed by atoms with Crippen LogP contribution in [0.4, 0.5) is 4.79 Å². The van der Waals surface area contributed by atoms with Crippen LogP contribution in [0.5, 0.6) is 0 Å². The predicted octanol–water partition coefficient (Wildman–Crippen LogP) is 10.7. The summed E-state index contributed by atoms with van der Waals surface area (Å²) in [6.45, 7) is 11.6. The van der Waals surface area contributed by atoms with Crippen molar-refractivity contribution in [3.63, 3.8) is 0 Å². The zero-order valence-electron chi connectivity index (χ0n) is 33.3. The van der Waals surface area contributed by atoms with Gasteiger partial charge in [-0.2, -0.15) is 0 Å². The Labute approximate surface area is 307 Å². The standard InChI is InChI=1S/C41H80N2O7/c1-6-8-10-12-14-16-18-20-22-24-26-28-32-48-35-36(49-33-29-27-25-23-21-19-17-15-13-11-9-7-2)34-42-39(46)37(30-31-38(44)45)43-40(47)50-41(3,4)5/h36-37H,6-35H2,1-5H3,(H,42,46)(H,43,47)(H,44,45)/t36?,37-/m0/s1. The average Bonchev–Trinajstić information content (AvgIpc) is 3.06. The van der Waals surface area contributed by atoms with Gasteiger partial charge in [-0.05, 0) is 40.0 Å². The fourth-order valence-corrected chi connectivity index (χ4v) is 5.94. The smallest absolute Gasteiger partial charge is 0.408 e. The number of carboxylic acids is 1. The first kappa shape index (κ1) is 48.1. The Kier molecular flexibility index (Phi) is 32.9. The lowest BCUT2D eigenvalue weighted by atomic mass is 10.1. The molecule has 2 amide bonds. The number of nitrogens with one attached hydrogen (secondary N) is 2. The first-order chi connectivity index (χ1) is 24.1. The molecule has 0 aromatic heterocycles. The number of aliphatic carboxylic acids is 1. The molecule has 0 aliphatic carbocycles. The lowest BCUT2D eigenvalue weighted by Crippen LogP contribution is -2.50. The minimum Gasteiger partial charge on any atom is -0.481 e. The minimum atomic E-state index is -1.04. The van der Waals surface area contributed by atoms with Gasteiger partial charge in [0, 0.05) is 26.2 Å². The van der Waals surface area contributed by atoms with E-state index in [-0.39, 0.29) is 25.5 Å². The van der Waals surface area contributed by atoms with Crippen LogP contribution in [-0.2, 0) is 23.8 Å². The molecule has 0 radical (unpaired) electrons. The summed E-state index contributed by atoms with van der Waals surface area (Å²) in [7, 11) is 0. The molecular weight excluding hydrogens is 632 g/mol. The van der Waals surface area contributed by atoms with Crippen LogP contribution < -0.4 is 10.6 Å². The highest BCUT2D eigenvalue weighted by atomic mass is 16.6. The van der Waals surface area contributed by atoms with Crippen molar-refractivity contribution in [3.8, 4) is 0 Å². The monoisotopic (exact) mass is 713 g/mol. The molecule has 9 heteroatoms. The fraction of sp³-hybridized carbons (Fsp3) is 0.927. The van der Waals surface area contributed by atoms with E-state index >= 15 is 0 Å². The number of unbranched alkanes of at least 4 members (excludes halogenated alkanes) is 22. The Balaban J connectivity index is 4.60. The van der Waals surface area contributed by atoms with Gasteiger partial charge in [-0.15, -0.1) is 0 Å². The minimum absolute atomic E-state index is 0.0414.